The summed E-state index contributed by atoms with van der Waals surface area (Å²) in [7, 11) is 0. The van der Waals surface area contributed by atoms with Crippen LogP contribution in [-0.2, 0) is 11.2 Å². The van der Waals surface area contributed by atoms with Gasteiger partial charge in [0.25, 0.3) is 0 Å². The van der Waals surface area contributed by atoms with E-state index < -0.39 is 0 Å². The molecule has 5 heteroatoms. The summed E-state index contributed by atoms with van der Waals surface area (Å²) in [6.07, 6.45) is 8.39. The number of fused-ring (bicyclic) bond motifs is 1. The summed E-state index contributed by atoms with van der Waals surface area (Å²) < 4.78 is 0. The van der Waals surface area contributed by atoms with Gasteiger partial charge in [0, 0.05) is 25.1 Å². The number of allylic oxidation sites excluding steroid dienone is 1. The predicted molar refractivity (Wildman–Crippen MR) is 107 cm³/mol. The number of amides is 1. The second-order valence-electron chi connectivity index (χ2n) is 8.70. The minimum atomic E-state index is 0.250. The molecule has 1 saturated carbocycles. The quantitative estimate of drug-likeness (QED) is 0.762. The van der Waals surface area contributed by atoms with Gasteiger partial charge >= 0.3 is 0 Å². The second kappa shape index (κ2) is 7.45. The Hall–Kier alpha value is -2.17. The first kappa shape index (κ1) is 18.2. The Morgan fingerprint density at radius 3 is 2.89 bits per heavy atom. The lowest BCUT2D eigenvalue weighted by Gasteiger charge is -2.37. The van der Waals surface area contributed by atoms with Gasteiger partial charge < -0.3 is 10.3 Å². The summed E-state index contributed by atoms with van der Waals surface area (Å²) >= 11 is 0. The van der Waals surface area contributed by atoms with Crippen molar-refractivity contribution >= 4 is 17.1 Å². The van der Waals surface area contributed by atoms with Crippen molar-refractivity contribution < 1.29 is 4.79 Å². The fourth-order valence-electron chi connectivity index (χ4n) is 4.44. The molecule has 0 aliphatic heterocycles. The molecule has 2 N–H and O–H groups in total. The molecule has 0 saturated heterocycles. The molecule has 2 aliphatic carbocycles. The molecule has 2 aliphatic rings. The topological polar surface area (TPSA) is 70.7 Å². The van der Waals surface area contributed by atoms with Crippen molar-refractivity contribution in [2.45, 2.75) is 46.5 Å². The number of nitrogens with one attached hydrogen (secondary N) is 2. The van der Waals surface area contributed by atoms with Crippen LogP contribution in [0.15, 0.2) is 30.0 Å². The number of aromatic amines is 1. The van der Waals surface area contributed by atoms with Crippen molar-refractivity contribution in [2.24, 2.45) is 29.6 Å². The summed E-state index contributed by atoms with van der Waals surface area (Å²) in [6, 6.07) is 3.96. The van der Waals surface area contributed by atoms with Crippen LogP contribution in [0.4, 0.5) is 0 Å². The van der Waals surface area contributed by atoms with Gasteiger partial charge in [-0.3, -0.25) is 4.79 Å². The molecule has 0 aromatic carbocycles. The van der Waals surface area contributed by atoms with Crippen molar-refractivity contribution in [2.75, 3.05) is 6.54 Å². The number of carbonyl (C=O) groups is 1. The van der Waals surface area contributed by atoms with Gasteiger partial charge in [-0.2, -0.15) is 0 Å². The van der Waals surface area contributed by atoms with Crippen molar-refractivity contribution in [3.63, 3.8) is 0 Å². The number of imidazole rings is 1. The number of rotatable bonds is 6. The number of aromatic nitrogens is 3. The van der Waals surface area contributed by atoms with E-state index in [-0.39, 0.29) is 11.8 Å². The molecule has 1 fully saturated rings. The standard InChI is InChI=1S/C22H30N4O/c1-13(2)18-10-16(11-20-25-19-5-4-8-23-21(19)26-20)14(3)9-17(18)12-24-22(27)15-6-7-15/h4-5,8-9,13,15-18H,6-7,10-12H2,1-3H3,(H,24,27)(H,23,25,26)/t16-,17-,18-/m0/s1. The summed E-state index contributed by atoms with van der Waals surface area (Å²) in [5, 5.41) is 3.19. The van der Waals surface area contributed by atoms with E-state index in [9.17, 15) is 4.79 Å². The SMILES string of the molecule is CC1=C[C@@H](CNC(=O)C2CC2)[C@H](C(C)C)C[C@H]1Cc1nc2ncccc2[nH]1. The van der Waals surface area contributed by atoms with Gasteiger partial charge in [0.15, 0.2) is 5.65 Å². The number of H-pyrrole nitrogens is 1. The van der Waals surface area contributed by atoms with Crippen LogP contribution in [0.25, 0.3) is 11.2 Å². The molecule has 0 spiro atoms. The largest absolute Gasteiger partial charge is 0.355 e. The van der Waals surface area contributed by atoms with Crippen LogP contribution in [0.2, 0.25) is 0 Å². The van der Waals surface area contributed by atoms with E-state index in [4.69, 9.17) is 0 Å². The van der Waals surface area contributed by atoms with E-state index in [1.165, 1.54) is 5.57 Å². The number of carbonyl (C=O) groups excluding carboxylic acids is 1. The van der Waals surface area contributed by atoms with Gasteiger partial charge in [-0.1, -0.05) is 25.5 Å². The van der Waals surface area contributed by atoms with Gasteiger partial charge in [-0.15, -0.1) is 0 Å². The number of hydrogen-bond acceptors (Lipinski definition) is 3. The lowest BCUT2D eigenvalue weighted by atomic mass is 9.69. The summed E-state index contributed by atoms with van der Waals surface area (Å²) in [5.74, 6) is 3.66. The lowest BCUT2D eigenvalue weighted by Crippen LogP contribution is -2.37. The number of hydrogen-bond donors (Lipinski definition) is 2. The van der Waals surface area contributed by atoms with E-state index in [0.717, 1.165) is 49.2 Å². The van der Waals surface area contributed by atoms with Crippen LogP contribution in [0, 0.1) is 29.6 Å². The Labute approximate surface area is 161 Å². The Morgan fingerprint density at radius 2 is 2.19 bits per heavy atom. The Morgan fingerprint density at radius 1 is 1.37 bits per heavy atom. The molecule has 0 unspecified atom stereocenters. The van der Waals surface area contributed by atoms with Crippen molar-refractivity contribution in [1.29, 1.82) is 0 Å². The van der Waals surface area contributed by atoms with Gasteiger partial charge in [0.1, 0.15) is 5.82 Å². The fraction of sp³-hybridized carbons (Fsp3) is 0.591. The minimum absolute atomic E-state index is 0.250. The van der Waals surface area contributed by atoms with Gasteiger partial charge in [-0.25, -0.2) is 9.97 Å². The Balaban J connectivity index is 1.47. The molecule has 3 atom stereocenters. The molecule has 1 amide bonds. The van der Waals surface area contributed by atoms with Crippen molar-refractivity contribution in [3.8, 4) is 0 Å². The van der Waals surface area contributed by atoms with Crippen LogP contribution in [0.1, 0.15) is 45.9 Å². The summed E-state index contributed by atoms with van der Waals surface area (Å²) in [6.45, 7) is 7.61. The normalized spacial score (nSPS) is 25.6. The first-order valence-electron chi connectivity index (χ1n) is 10.3. The van der Waals surface area contributed by atoms with E-state index in [1.54, 1.807) is 6.20 Å². The molecule has 0 bridgehead atoms. The van der Waals surface area contributed by atoms with Crippen molar-refractivity contribution in [3.05, 3.63) is 35.8 Å². The molecular weight excluding hydrogens is 336 g/mol. The highest BCUT2D eigenvalue weighted by Crippen LogP contribution is 2.39. The van der Waals surface area contributed by atoms with Gasteiger partial charge in [0.05, 0.1) is 5.52 Å². The second-order valence-corrected chi connectivity index (χ2v) is 8.70. The Kier molecular flexibility index (Phi) is 5.02. The molecule has 4 rings (SSSR count). The molecule has 5 nitrogen and oxygen atoms in total. The van der Waals surface area contributed by atoms with E-state index >= 15 is 0 Å². The molecule has 2 aromatic heterocycles. The highest BCUT2D eigenvalue weighted by molar-refractivity contribution is 5.80. The Bertz CT molecular complexity index is 816. The maximum Gasteiger partial charge on any atom is 0.223 e. The van der Waals surface area contributed by atoms with Crippen LogP contribution in [-0.4, -0.2) is 27.4 Å². The average molecular weight is 367 g/mol. The molecule has 27 heavy (non-hydrogen) atoms. The lowest BCUT2D eigenvalue weighted by molar-refractivity contribution is -0.122. The van der Waals surface area contributed by atoms with Crippen LogP contribution in [0.3, 0.4) is 0 Å². The molecular formula is C22H30N4O. The predicted octanol–water partition coefficient (Wildman–Crippen LogP) is 3.88. The molecule has 2 heterocycles. The third-order valence-electron chi connectivity index (χ3n) is 6.29. The monoisotopic (exact) mass is 366 g/mol. The van der Waals surface area contributed by atoms with E-state index in [2.05, 4.69) is 47.1 Å². The van der Waals surface area contributed by atoms with Crippen LogP contribution in [0.5, 0.6) is 0 Å². The first-order valence-corrected chi connectivity index (χ1v) is 10.3. The zero-order chi connectivity index (χ0) is 19.0. The summed E-state index contributed by atoms with van der Waals surface area (Å²) in [5.41, 5.74) is 3.23. The van der Waals surface area contributed by atoms with E-state index in [0.29, 0.717) is 23.7 Å². The number of pyridine rings is 1. The van der Waals surface area contributed by atoms with Crippen LogP contribution < -0.4 is 5.32 Å². The number of nitrogens with zero attached hydrogens (tertiary/aromatic N) is 2. The summed E-state index contributed by atoms with van der Waals surface area (Å²) in [4.78, 5) is 24.5. The smallest absolute Gasteiger partial charge is 0.223 e. The van der Waals surface area contributed by atoms with E-state index in [1.807, 2.05) is 12.1 Å². The molecule has 0 radical (unpaired) electrons. The minimum Gasteiger partial charge on any atom is -0.355 e. The third-order valence-corrected chi connectivity index (χ3v) is 6.29. The van der Waals surface area contributed by atoms with Crippen molar-refractivity contribution in [1.82, 2.24) is 20.3 Å². The van der Waals surface area contributed by atoms with Gasteiger partial charge in [0.2, 0.25) is 5.91 Å². The zero-order valence-corrected chi connectivity index (χ0v) is 16.5. The third kappa shape index (κ3) is 4.07. The molecule has 144 valence electrons. The fourth-order valence-corrected chi connectivity index (χ4v) is 4.44. The van der Waals surface area contributed by atoms with Crippen LogP contribution >= 0.6 is 0 Å². The highest BCUT2D eigenvalue weighted by Gasteiger charge is 2.34. The maximum absolute atomic E-state index is 12.0. The first-order chi connectivity index (χ1) is 13.0. The maximum atomic E-state index is 12.0. The highest BCUT2D eigenvalue weighted by atomic mass is 16.2. The molecule has 2 aromatic rings. The zero-order valence-electron chi connectivity index (χ0n) is 16.5. The average Bonchev–Trinajstić information content (AvgIpc) is 3.41. The van der Waals surface area contributed by atoms with Gasteiger partial charge in [-0.05, 0) is 62.0 Å².